The van der Waals surface area contributed by atoms with E-state index in [2.05, 4.69) is 55.3 Å². The second-order valence-corrected chi connectivity index (χ2v) is 6.15. The van der Waals surface area contributed by atoms with Crippen molar-refractivity contribution in [3.8, 4) is 11.3 Å². The molecule has 0 saturated heterocycles. The van der Waals surface area contributed by atoms with Crippen molar-refractivity contribution < 1.29 is 0 Å². The van der Waals surface area contributed by atoms with Crippen LogP contribution in [-0.2, 0) is 7.05 Å². The Morgan fingerprint density at radius 3 is 2.26 bits per heavy atom. The highest BCUT2D eigenvalue weighted by Crippen LogP contribution is 2.28. The molecular weight excluding hydrogens is 282 g/mol. The minimum Gasteiger partial charge on any atom is -0.329 e. The van der Waals surface area contributed by atoms with E-state index >= 15 is 0 Å². The molecule has 0 saturated carbocycles. The highest BCUT2D eigenvalue weighted by Gasteiger charge is 2.18. The van der Waals surface area contributed by atoms with Crippen LogP contribution in [-0.4, -0.2) is 16.3 Å². The van der Waals surface area contributed by atoms with Crippen LogP contribution in [0.25, 0.3) is 11.3 Å². The summed E-state index contributed by atoms with van der Waals surface area (Å²) < 4.78 is 1.96. The molecule has 3 heteroatoms. The van der Waals surface area contributed by atoms with Crippen molar-refractivity contribution in [2.75, 3.05) is 6.54 Å². The maximum Gasteiger partial charge on any atom is 0.0926 e. The molecule has 2 N–H and O–H groups in total. The third-order valence-electron chi connectivity index (χ3n) is 4.22. The van der Waals surface area contributed by atoms with Gasteiger partial charge in [-0.05, 0) is 25.5 Å². The van der Waals surface area contributed by atoms with E-state index in [9.17, 15) is 0 Å². The monoisotopic (exact) mass is 305 g/mol. The third kappa shape index (κ3) is 3.20. The van der Waals surface area contributed by atoms with Gasteiger partial charge in [-0.15, -0.1) is 0 Å². The molecule has 0 radical (unpaired) electrons. The van der Waals surface area contributed by atoms with Gasteiger partial charge in [0.15, 0.2) is 0 Å². The van der Waals surface area contributed by atoms with Crippen molar-refractivity contribution >= 4 is 0 Å². The average Bonchev–Trinajstić information content (AvgIpc) is 2.90. The topological polar surface area (TPSA) is 43.8 Å². The SMILES string of the molecule is Cc1cc(C)cc(C(CN)c2cc(-c3ccccc3)nn2C)c1. The van der Waals surface area contributed by atoms with Crippen LogP contribution < -0.4 is 5.73 Å². The van der Waals surface area contributed by atoms with Crippen LogP contribution in [0, 0.1) is 13.8 Å². The third-order valence-corrected chi connectivity index (χ3v) is 4.22. The van der Waals surface area contributed by atoms with Crippen molar-refractivity contribution in [3.05, 3.63) is 77.0 Å². The fourth-order valence-corrected chi connectivity index (χ4v) is 3.20. The number of benzene rings is 2. The summed E-state index contributed by atoms with van der Waals surface area (Å²) in [6.07, 6.45) is 0. The molecule has 1 aromatic heterocycles. The van der Waals surface area contributed by atoms with Gasteiger partial charge in [-0.2, -0.15) is 5.10 Å². The molecule has 2 aromatic carbocycles. The average molecular weight is 305 g/mol. The van der Waals surface area contributed by atoms with Crippen LogP contribution in [0.2, 0.25) is 0 Å². The number of hydrogen-bond donors (Lipinski definition) is 1. The fraction of sp³-hybridized carbons (Fsp3) is 0.250. The van der Waals surface area contributed by atoms with Gasteiger partial charge in [0.2, 0.25) is 0 Å². The zero-order valence-electron chi connectivity index (χ0n) is 14.0. The number of rotatable bonds is 4. The lowest BCUT2D eigenvalue weighted by molar-refractivity contribution is 0.664. The second kappa shape index (κ2) is 6.39. The molecule has 0 aliphatic rings. The van der Waals surface area contributed by atoms with Crippen molar-refractivity contribution in [2.24, 2.45) is 12.8 Å². The van der Waals surface area contributed by atoms with Gasteiger partial charge < -0.3 is 5.73 Å². The first-order valence-electron chi connectivity index (χ1n) is 7.96. The molecule has 23 heavy (non-hydrogen) atoms. The normalized spacial score (nSPS) is 12.3. The number of aryl methyl sites for hydroxylation is 3. The summed E-state index contributed by atoms with van der Waals surface area (Å²) in [7, 11) is 1.99. The minimum atomic E-state index is 0.156. The summed E-state index contributed by atoms with van der Waals surface area (Å²) in [5, 5.41) is 4.68. The Morgan fingerprint density at radius 2 is 1.65 bits per heavy atom. The quantitative estimate of drug-likeness (QED) is 0.797. The molecule has 118 valence electrons. The lowest BCUT2D eigenvalue weighted by Crippen LogP contribution is -2.17. The maximum atomic E-state index is 6.11. The van der Waals surface area contributed by atoms with E-state index < -0.39 is 0 Å². The maximum absolute atomic E-state index is 6.11. The number of aromatic nitrogens is 2. The van der Waals surface area contributed by atoms with E-state index in [1.54, 1.807) is 0 Å². The first-order chi connectivity index (χ1) is 11.1. The molecular formula is C20H23N3. The Kier molecular flexibility index (Phi) is 4.30. The van der Waals surface area contributed by atoms with Gasteiger partial charge in [-0.25, -0.2) is 0 Å². The van der Waals surface area contributed by atoms with E-state index in [0.29, 0.717) is 6.54 Å². The molecule has 1 heterocycles. The van der Waals surface area contributed by atoms with Crippen LogP contribution in [0.15, 0.2) is 54.6 Å². The van der Waals surface area contributed by atoms with Crippen LogP contribution in [0.5, 0.6) is 0 Å². The second-order valence-electron chi connectivity index (χ2n) is 6.15. The summed E-state index contributed by atoms with van der Waals surface area (Å²) in [6.45, 7) is 4.82. The minimum absolute atomic E-state index is 0.156. The predicted octanol–water partition coefficient (Wildman–Crippen LogP) is 3.79. The van der Waals surface area contributed by atoms with E-state index in [-0.39, 0.29) is 5.92 Å². The van der Waals surface area contributed by atoms with Crippen LogP contribution >= 0.6 is 0 Å². The van der Waals surface area contributed by atoms with Crippen molar-refractivity contribution in [1.29, 1.82) is 0 Å². The van der Waals surface area contributed by atoms with Crippen LogP contribution in [0.4, 0.5) is 0 Å². The van der Waals surface area contributed by atoms with E-state index in [0.717, 1.165) is 17.0 Å². The first-order valence-corrected chi connectivity index (χ1v) is 7.96. The zero-order chi connectivity index (χ0) is 16.4. The Balaban J connectivity index is 2.04. The summed E-state index contributed by atoms with van der Waals surface area (Å²) >= 11 is 0. The highest BCUT2D eigenvalue weighted by molar-refractivity contribution is 5.59. The van der Waals surface area contributed by atoms with E-state index in [1.807, 2.05) is 29.9 Å². The van der Waals surface area contributed by atoms with Gasteiger partial charge in [-0.1, -0.05) is 59.7 Å². The zero-order valence-corrected chi connectivity index (χ0v) is 14.0. The molecule has 0 aliphatic carbocycles. The van der Waals surface area contributed by atoms with Gasteiger partial charge in [0.1, 0.15) is 0 Å². The Labute approximate surface area is 137 Å². The van der Waals surface area contributed by atoms with Gasteiger partial charge in [-0.3, -0.25) is 4.68 Å². The molecule has 3 nitrogen and oxygen atoms in total. The summed E-state index contributed by atoms with van der Waals surface area (Å²) in [6, 6.07) is 19.0. The van der Waals surface area contributed by atoms with Crippen molar-refractivity contribution in [1.82, 2.24) is 9.78 Å². The smallest absolute Gasteiger partial charge is 0.0926 e. The summed E-state index contributed by atoms with van der Waals surface area (Å²) in [5.41, 5.74) is 13.2. The van der Waals surface area contributed by atoms with E-state index in [4.69, 9.17) is 5.73 Å². The molecule has 0 amide bonds. The van der Waals surface area contributed by atoms with Crippen molar-refractivity contribution in [2.45, 2.75) is 19.8 Å². The molecule has 0 spiro atoms. The lowest BCUT2D eigenvalue weighted by atomic mass is 9.92. The molecule has 1 atom stereocenters. The molecule has 0 bridgehead atoms. The van der Waals surface area contributed by atoms with Gasteiger partial charge in [0, 0.05) is 30.8 Å². The number of nitrogens with two attached hydrogens (primary N) is 1. The molecule has 3 rings (SSSR count). The Hall–Kier alpha value is -2.39. The molecule has 0 aliphatic heterocycles. The van der Waals surface area contributed by atoms with E-state index in [1.165, 1.54) is 16.7 Å². The van der Waals surface area contributed by atoms with Gasteiger partial charge >= 0.3 is 0 Å². The van der Waals surface area contributed by atoms with Crippen LogP contribution in [0.3, 0.4) is 0 Å². The lowest BCUT2D eigenvalue weighted by Gasteiger charge is -2.17. The molecule has 0 fully saturated rings. The highest BCUT2D eigenvalue weighted by atomic mass is 15.3. The van der Waals surface area contributed by atoms with Crippen LogP contribution in [0.1, 0.15) is 28.3 Å². The van der Waals surface area contributed by atoms with Crippen molar-refractivity contribution in [3.63, 3.8) is 0 Å². The summed E-state index contributed by atoms with van der Waals surface area (Å²) in [4.78, 5) is 0. The predicted molar refractivity (Wildman–Crippen MR) is 95.5 cm³/mol. The largest absolute Gasteiger partial charge is 0.329 e. The number of nitrogens with zero attached hydrogens (tertiary/aromatic N) is 2. The first kappa shape index (κ1) is 15.5. The van der Waals surface area contributed by atoms with Gasteiger partial charge in [0.25, 0.3) is 0 Å². The number of hydrogen-bond acceptors (Lipinski definition) is 2. The standard InChI is InChI=1S/C20H23N3/c1-14-9-15(2)11-17(10-14)18(13-21)20-12-19(22-23(20)3)16-7-5-4-6-8-16/h4-12,18H,13,21H2,1-3H3. The summed E-state index contributed by atoms with van der Waals surface area (Å²) in [5.74, 6) is 0.156. The Bertz CT molecular complexity index is 783. The fourth-order valence-electron chi connectivity index (χ4n) is 3.20. The Morgan fingerprint density at radius 1 is 1.00 bits per heavy atom. The molecule has 3 aromatic rings. The molecule has 1 unspecified atom stereocenters. The van der Waals surface area contributed by atoms with Gasteiger partial charge in [0.05, 0.1) is 5.69 Å².